The van der Waals surface area contributed by atoms with Crippen molar-refractivity contribution in [2.45, 2.75) is 25.1 Å². The number of hydrogen-bond acceptors (Lipinski definition) is 8. The molecule has 0 aliphatic rings. The Morgan fingerprint density at radius 1 is 1.45 bits per heavy atom. The Morgan fingerprint density at radius 3 is 2.85 bits per heavy atom. The van der Waals surface area contributed by atoms with Gasteiger partial charge in [0.2, 0.25) is 5.91 Å². The lowest BCUT2D eigenvalue weighted by Crippen LogP contribution is -2.36. The van der Waals surface area contributed by atoms with Gasteiger partial charge in [0.25, 0.3) is 5.22 Å². The van der Waals surface area contributed by atoms with Crippen molar-refractivity contribution in [3.05, 3.63) is 5.89 Å². The van der Waals surface area contributed by atoms with Crippen molar-refractivity contribution in [3.8, 4) is 0 Å². The maximum Gasteiger partial charge on any atom is 0.396 e. The smallest absolute Gasteiger partial charge is 0.396 e. The predicted molar refractivity (Wildman–Crippen MR) is 70.5 cm³/mol. The molecule has 1 aromatic heterocycles. The molecule has 1 rings (SSSR count). The molecule has 0 fully saturated rings. The van der Waals surface area contributed by atoms with Crippen LogP contribution in [0.15, 0.2) is 9.64 Å². The SMILES string of the molecule is CCOC(=O)c1nnc(SCC(=O)NC(C)COC)o1. The van der Waals surface area contributed by atoms with Crippen LogP contribution >= 0.6 is 11.8 Å². The molecular weight excluding hydrogens is 286 g/mol. The minimum atomic E-state index is -0.676. The maximum absolute atomic E-state index is 11.6. The lowest BCUT2D eigenvalue weighted by molar-refractivity contribution is -0.119. The number of nitrogens with zero attached hydrogens (tertiary/aromatic N) is 2. The van der Waals surface area contributed by atoms with Gasteiger partial charge in [0.15, 0.2) is 0 Å². The fourth-order valence-electron chi connectivity index (χ4n) is 1.28. The summed E-state index contributed by atoms with van der Waals surface area (Å²) >= 11 is 1.04. The summed E-state index contributed by atoms with van der Waals surface area (Å²) in [6, 6.07) is -0.0779. The Labute approximate surface area is 120 Å². The average molecular weight is 303 g/mol. The third-order valence-electron chi connectivity index (χ3n) is 2.01. The molecule has 0 aliphatic heterocycles. The minimum absolute atomic E-state index is 0.0779. The molecule has 8 nitrogen and oxygen atoms in total. The van der Waals surface area contributed by atoms with Crippen molar-refractivity contribution in [1.82, 2.24) is 15.5 Å². The maximum atomic E-state index is 11.6. The second kappa shape index (κ2) is 8.54. The first-order valence-corrected chi connectivity index (χ1v) is 6.97. The molecule has 1 N–H and O–H groups in total. The molecular formula is C11H17N3O5S. The van der Waals surface area contributed by atoms with Crippen LogP contribution < -0.4 is 5.32 Å². The van der Waals surface area contributed by atoms with Gasteiger partial charge in [0.05, 0.1) is 19.0 Å². The van der Waals surface area contributed by atoms with Crippen molar-refractivity contribution in [2.75, 3.05) is 26.1 Å². The Kier molecular flexibility index (Phi) is 7.02. The minimum Gasteiger partial charge on any atom is -0.459 e. The number of thioether (sulfide) groups is 1. The molecule has 9 heteroatoms. The number of carbonyl (C=O) groups excluding carboxylic acids is 2. The van der Waals surface area contributed by atoms with Crippen molar-refractivity contribution in [1.29, 1.82) is 0 Å². The summed E-state index contributed by atoms with van der Waals surface area (Å²) in [5.74, 6) is -0.971. The molecule has 0 saturated heterocycles. The first-order valence-electron chi connectivity index (χ1n) is 5.98. The number of aromatic nitrogens is 2. The Bertz CT molecular complexity index is 451. The molecule has 0 spiro atoms. The zero-order chi connectivity index (χ0) is 15.0. The number of ether oxygens (including phenoxy) is 2. The van der Waals surface area contributed by atoms with Gasteiger partial charge in [-0.15, -0.1) is 5.10 Å². The molecule has 1 atom stereocenters. The zero-order valence-electron chi connectivity index (χ0n) is 11.5. The highest BCUT2D eigenvalue weighted by atomic mass is 32.2. The number of nitrogens with one attached hydrogen (secondary N) is 1. The van der Waals surface area contributed by atoms with E-state index in [1.807, 2.05) is 6.92 Å². The standard InChI is InChI=1S/C11H17N3O5S/c1-4-18-10(16)9-13-14-11(19-9)20-6-8(15)12-7(2)5-17-3/h7H,4-6H2,1-3H3,(H,12,15). The van der Waals surface area contributed by atoms with E-state index in [2.05, 4.69) is 15.5 Å². The van der Waals surface area contributed by atoms with Gasteiger partial charge in [0.1, 0.15) is 0 Å². The molecule has 0 bridgehead atoms. The normalized spacial score (nSPS) is 11.9. The lowest BCUT2D eigenvalue weighted by atomic mass is 10.3. The van der Waals surface area contributed by atoms with E-state index in [0.29, 0.717) is 6.61 Å². The van der Waals surface area contributed by atoms with Crippen LogP contribution in [-0.2, 0) is 14.3 Å². The van der Waals surface area contributed by atoms with Crippen molar-refractivity contribution < 1.29 is 23.5 Å². The van der Waals surface area contributed by atoms with E-state index in [1.54, 1.807) is 14.0 Å². The molecule has 1 aromatic rings. The van der Waals surface area contributed by atoms with E-state index >= 15 is 0 Å². The third-order valence-corrected chi connectivity index (χ3v) is 2.83. The topological polar surface area (TPSA) is 104 Å². The van der Waals surface area contributed by atoms with E-state index in [1.165, 1.54) is 0 Å². The Morgan fingerprint density at radius 2 is 2.20 bits per heavy atom. The fraction of sp³-hybridized carbons (Fsp3) is 0.636. The van der Waals surface area contributed by atoms with Gasteiger partial charge in [-0.3, -0.25) is 4.79 Å². The molecule has 0 aromatic carbocycles. The van der Waals surface area contributed by atoms with Crippen molar-refractivity contribution >= 4 is 23.6 Å². The van der Waals surface area contributed by atoms with Gasteiger partial charge in [-0.05, 0) is 13.8 Å². The summed E-state index contributed by atoms with van der Waals surface area (Å²) < 4.78 is 14.7. The van der Waals surface area contributed by atoms with E-state index in [0.717, 1.165) is 11.8 Å². The molecule has 1 heterocycles. The van der Waals surface area contributed by atoms with Crippen molar-refractivity contribution in [3.63, 3.8) is 0 Å². The average Bonchev–Trinajstić information content (AvgIpc) is 2.85. The van der Waals surface area contributed by atoms with E-state index < -0.39 is 5.97 Å². The van der Waals surface area contributed by atoms with Crippen LogP contribution in [0.4, 0.5) is 0 Å². The van der Waals surface area contributed by atoms with Crippen LogP contribution in [0, 0.1) is 0 Å². The number of carbonyl (C=O) groups is 2. The van der Waals surface area contributed by atoms with Crippen LogP contribution in [0.5, 0.6) is 0 Å². The van der Waals surface area contributed by atoms with Gasteiger partial charge in [-0.1, -0.05) is 16.9 Å². The van der Waals surface area contributed by atoms with E-state index in [4.69, 9.17) is 13.9 Å². The fourth-order valence-corrected chi connectivity index (χ4v) is 1.85. The van der Waals surface area contributed by atoms with Gasteiger partial charge >= 0.3 is 11.9 Å². The van der Waals surface area contributed by atoms with E-state index in [-0.39, 0.29) is 35.4 Å². The number of esters is 1. The second-order valence-electron chi connectivity index (χ2n) is 3.81. The van der Waals surface area contributed by atoms with Gasteiger partial charge in [0, 0.05) is 13.2 Å². The molecule has 0 radical (unpaired) electrons. The predicted octanol–water partition coefficient (Wildman–Crippen LogP) is 0.489. The van der Waals surface area contributed by atoms with Crippen LogP contribution in [0.1, 0.15) is 24.5 Å². The monoisotopic (exact) mass is 303 g/mol. The zero-order valence-corrected chi connectivity index (χ0v) is 12.4. The number of methoxy groups -OCH3 is 1. The largest absolute Gasteiger partial charge is 0.459 e. The molecule has 0 aliphatic carbocycles. The van der Waals surface area contributed by atoms with Gasteiger partial charge in [-0.2, -0.15) is 0 Å². The summed E-state index contributed by atoms with van der Waals surface area (Å²) in [7, 11) is 1.56. The van der Waals surface area contributed by atoms with Crippen LogP contribution in [-0.4, -0.2) is 54.2 Å². The molecule has 1 unspecified atom stereocenters. The molecule has 112 valence electrons. The summed E-state index contributed by atoms with van der Waals surface area (Å²) in [6.07, 6.45) is 0. The van der Waals surface area contributed by atoms with Crippen LogP contribution in [0.3, 0.4) is 0 Å². The van der Waals surface area contributed by atoms with Crippen LogP contribution in [0.25, 0.3) is 0 Å². The number of hydrogen-bond donors (Lipinski definition) is 1. The molecule has 20 heavy (non-hydrogen) atoms. The van der Waals surface area contributed by atoms with Gasteiger partial charge < -0.3 is 19.2 Å². The lowest BCUT2D eigenvalue weighted by Gasteiger charge is -2.11. The van der Waals surface area contributed by atoms with Crippen molar-refractivity contribution in [2.24, 2.45) is 0 Å². The highest BCUT2D eigenvalue weighted by Crippen LogP contribution is 2.16. The molecule has 1 amide bonds. The van der Waals surface area contributed by atoms with Gasteiger partial charge in [-0.25, -0.2) is 4.79 Å². The summed E-state index contributed by atoms with van der Waals surface area (Å²) in [6.45, 7) is 4.17. The molecule has 0 saturated carbocycles. The number of amides is 1. The third kappa shape index (κ3) is 5.57. The highest BCUT2D eigenvalue weighted by Gasteiger charge is 2.17. The quantitative estimate of drug-likeness (QED) is 0.546. The number of rotatable bonds is 8. The van der Waals surface area contributed by atoms with Crippen LogP contribution in [0.2, 0.25) is 0 Å². The summed E-state index contributed by atoms with van der Waals surface area (Å²) in [4.78, 5) is 22.9. The highest BCUT2D eigenvalue weighted by molar-refractivity contribution is 7.99. The first-order chi connectivity index (χ1) is 9.56. The first kappa shape index (κ1) is 16.4. The second-order valence-corrected chi connectivity index (χ2v) is 4.73. The Balaban J connectivity index is 2.38. The summed E-state index contributed by atoms with van der Waals surface area (Å²) in [5, 5.41) is 10.1. The summed E-state index contributed by atoms with van der Waals surface area (Å²) in [5.41, 5.74) is 0. The Hall–Kier alpha value is -1.61. The van der Waals surface area contributed by atoms with E-state index in [9.17, 15) is 9.59 Å².